The molecule has 0 unspecified atom stereocenters. The number of aryl methyl sites for hydroxylation is 1. The molecule has 7 heteroatoms. The molecular formula is C24H30N4O3. The topological polar surface area (TPSA) is 75.6 Å². The van der Waals surface area contributed by atoms with E-state index in [0.29, 0.717) is 31.2 Å². The standard InChI is InChI=1S/C24H30N4O3/c1-15-18-13-20(29)28(14-16-8-6-9-17(12-16)31-5)22(18)26-21(25-15)19-10-7-11-27(19)23(30)24(2,3)4/h6,8-9,12,19H,7,10-11,13-14H2,1-5H3/t19-/m0/s1. The number of likely N-dealkylation sites (tertiary alicyclic amines) is 1. The van der Waals surface area contributed by atoms with E-state index in [0.717, 1.165) is 35.4 Å². The summed E-state index contributed by atoms with van der Waals surface area (Å²) < 4.78 is 5.32. The first kappa shape index (κ1) is 21.3. The molecule has 1 aromatic carbocycles. The Morgan fingerprint density at radius 1 is 1.26 bits per heavy atom. The maximum absolute atomic E-state index is 13.0. The first-order valence-corrected chi connectivity index (χ1v) is 10.8. The van der Waals surface area contributed by atoms with Gasteiger partial charge in [-0.15, -0.1) is 0 Å². The summed E-state index contributed by atoms with van der Waals surface area (Å²) in [5.41, 5.74) is 2.21. The van der Waals surface area contributed by atoms with Gasteiger partial charge in [-0.1, -0.05) is 32.9 Å². The predicted octanol–water partition coefficient (Wildman–Crippen LogP) is 3.59. The molecule has 0 aliphatic carbocycles. The fraction of sp³-hybridized carbons (Fsp3) is 0.500. The molecule has 3 heterocycles. The van der Waals surface area contributed by atoms with Crippen molar-refractivity contribution in [1.29, 1.82) is 0 Å². The summed E-state index contributed by atoms with van der Waals surface area (Å²) in [4.78, 5) is 39.1. The van der Waals surface area contributed by atoms with Crippen LogP contribution in [-0.4, -0.2) is 40.3 Å². The Morgan fingerprint density at radius 2 is 2.03 bits per heavy atom. The predicted molar refractivity (Wildman–Crippen MR) is 118 cm³/mol. The Hall–Kier alpha value is -2.96. The molecule has 0 radical (unpaired) electrons. The minimum atomic E-state index is -0.456. The van der Waals surface area contributed by atoms with Crippen LogP contribution >= 0.6 is 0 Å². The molecule has 1 atom stereocenters. The van der Waals surface area contributed by atoms with Crippen molar-refractivity contribution in [1.82, 2.24) is 14.9 Å². The normalized spacial score (nSPS) is 18.5. The Balaban J connectivity index is 1.67. The van der Waals surface area contributed by atoms with Crippen molar-refractivity contribution in [3.8, 4) is 5.75 Å². The van der Waals surface area contributed by atoms with Gasteiger partial charge in [0, 0.05) is 23.2 Å². The van der Waals surface area contributed by atoms with E-state index in [-0.39, 0.29) is 17.9 Å². The van der Waals surface area contributed by atoms with Crippen LogP contribution in [0, 0.1) is 12.3 Å². The zero-order chi connectivity index (χ0) is 22.3. The lowest BCUT2D eigenvalue weighted by Crippen LogP contribution is -2.39. The van der Waals surface area contributed by atoms with Crippen LogP contribution in [-0.2, 0) is 22.6 Å². The van der Waals surface area contributed by atoms with E-state index < -0.39 is 5.41 Å². The molecule has 0 bridgehead atoms. The summed E-state index contributed by atoms with van der Waals surface area (Å²) in [6.07, 6.45) is 2.07. The number of aromatic nitrogens is 2. The van der Waals surface area contributed by atoms with Gasteiger partial charge in [0.05, 0.1) is 26.1 Å². The highest BCUT2D eigenvalue weighted by Gasteiger charge is 2.39. The van der Waals surface area contributed by atoms with Gasteiger partial charge in [0.15, 0.2) is 5.82 Å². The average Bonchev–Trinajstić information content (AvgIpc) is 3.33. The third-order valence-electron chi connectivity index (χ3n) is 6.02. The second-order valence-corrected chi connectivity index (χ2v) is 9.38. The summed E-state index contributed by atoms with van der Waals surface area (Å²) in [5.74, 6) is 2.19. The summed E-state index contributed by atoms with van der Waals surface area (Å²) in [5, 5.41) is 0. The third kappa shape index (κ3) is 4.01. The van der Waals surface area contributed by atoms with Gasteiger partial charge in [0.2, 0.25) is 11.8 Å². The first-order chi connectivity index (χ1) is 14.7. The lowest BCUT2D eigenvalue weighted by Gasteiger charge is -2.30. The summed E-state index contributed by atoms with van der Waals surface area (Å²) in [7, 11) is 1.63. The molecule has 164 valence electrons. The monoisotopic (exact) mass is 422 g/mol. The Kier molecular flexibility index (Phi) is 5.45. The second kappa shape index (κ2) is 7.94. The van der Waals surface area contributed by atoms with E-state index in [9.17, 15) is 9.59 Å². The minimum Gasteiger partial charge on any atom is -0.497 e. The van der Waals surface area contributed by atoms with Crippen LogP contribution in [0.3, 0.4) is 0 Å². The molecule has 0 spiro atoms. The number of amides is 2. The van der Waals surface area contributed by atoms with Crippen molar-refractivity contribution in [2.24, 2.45) is 5.41 Å². The maximum Gasteiger partial charge on any atom is 0.233 e. The first-order valence-electron chi connectivity index (χ1n) is 10.8. The molecule has 2 amide bonds. The molecule has 1 saturated heterocycles. The molecule has 2 aliphatic rings. The molecule has 0 N–H and O–H groups in total. The quantitative estimate of drug-likeness (QED) is 0.753. The van der Waals surface area contributed by atoms with E-state index in [1.54, 1.807) is 12.0 Å². The lowest BCUT2D eigenvalue weighted by atomic mass is 9.94. The smallest absolute Gasteiger partial charge is 0.233 e. The molecular weight excluding hydrogens is 392 g/mol. The number of ether oxygens (including phenoxy) is 1. The van der Waals surface area contributed by atoms with Crippen LogP contribution in [0.15, 0.2) is 24.3 Å². The molecule has 31 heavy (non-hydrogen) atoms. The van der Waals surface area contributed by atoms with Crippen LogP contribution in [0.4, 0.5) is 5.82 Å². The number of hydrogen-bond donors (Lipinski definition) is 0. The second-order valence-electron chi connectivity index (χ2n) is 9.38. The Morgan fingerprint density at radius 3 is 2.74 bits per heavy atom. The fourth-order valence-corrected chi connectivity index (χ4v) is 4.37. The number of benzene rings is 1. The maximum atomic E-state index is 13.0. The summed E-state index contributed by atoms with van der Waals surface area (Å²) in [6.45, 7) is 8.88. The molecule has 1 fully saturated rings. The van der Waals surface area contributed by atoms with Gasteiger partial charge in [-0.2, -0.15) is 0 Å². The van der Waals surface area contributed by atoms with Crippen molar-refractivity contribution < 1.29 is 14.3 Å². The van der Waals surface area contributed by atoms with Gasteiger partial charge >= 0.3 is 0 Å². The van der Waals surface area contributed by atoms with Gasteiger partial charge in [0.1, 0.15) is 11.6 Å². The Bertz CT molecular complexity index is 1030. The molecule has 0 saturated carbocycles. The fourth-order valence-electron chi connectivity index (χ4n) is 4.37. The van der Waals surface area contributed by atoms with Crippen LogP contribution in [0.2, 0.25) is 0 Å². The van der Waals surface area contributed by atoms with Crippen molar-refractivity contribution in [3.63, 3.8) is 0 Å². The van der Waals surface area contributed by atoms with Crippen molar-refractivity contribution in [2.75, 3.05) is 18.6 Å². The van der Waals surface area contributed by atoms with Crippen LogP contribution in [0.1, 0.15) is 62.3 Å². The SMILES string of the molecule is COc1cccc(CN2C(=O)Cc3c(C)nc([C@@H]4CCCN4C(=O)C(C)(C)C)nc32)c1. The highest BCUT2D eigenvalue weighted by molar-refractivity contribution is 6.00. The van der Waals surface area contributed by atoms with Crippen LogP contribution in [0.25, 0.3) is 0 Å². The third-order valence-corrected chi connectivity index (χ3v) is 6.02. The van der Waals surface area contributed by atoms with E-state index >= 15 is 0 Å². The van der Waals surface area contributed by atoms with E-state index in [1.807, 2.05) is 56.9 Å². The highest BCUT2D eigenvalue weighted by Crippen LogP contribution is 2.37. The molecule has 2 aliphatic heterocycles. The van der Waals surface area contributed by atoms with Gasteiger partial charge in [-0.05, 0) is 37.5 Å². The average molecular weight is 423 g/mol. The number of anilines is 1. The van der Waals surface area contributed by atoms with Gasteiger partial charge in [-0.25, -0.2) is 9.97 Å². The van der Waals surface area contributed by atoms with Crippen molar-refractivity contribution in [2.45, 2.75) is 59.5 Å². The number of hydrogen-bond acceptors (Lipinski definition) is 5. The van der Waals surface area contributed by atoms with Crippen molar-refractivity contribution >= 4 is 17.6 Å². The van der Waals surface area contributed by atoms with E-state index in [1.165, 1.54) is 0 Å². The summed E-state index contributed by atoms with van der Waals surface area (Å²) in [6, 6.07) is 7.56. The number of rotatable bonds is 4. The number of nitrogens with zero attached hydrogens (tertiary/aromatic N) is 4. The van der Waals surface area contributed by atoms with Gasteiger partial charge in [-0.3, -0.25) is 14.5 Å². The van der Waals surface area contributed by atoms with E-state index in [4.69, 9.17) is 14.7 Å². The molecule has 7 nitrogen and oxygen atoms in total. The van der Waals surface area contributed by atoms with Gasteiger partial charge in [0.25, 0.3) is 0 Å². The number of carbonyl (C=O) groups is 2. The minimum absolute atomic E-state index is 0.0152. The van der Waals surface area contributed by atoms with Gasteiger partial charge < -0.3 is 9.64 Å². The van der Waals surface area contributed by atoms with E-state index in [2.05, 4.69) is 0 Å². The lowest BCUT2D eigenvalue weighted by molar-refractivity contribution is -0.140. The largest absolute Gasteiger partial charge is 0.497 e. The number of fused-ring (bicyclic) bond motifs is 1. The van der Waals surface area contributed by atoms with Crippen LogP contribution in [0.5, 0.6) is 5.75 Å². The van der Waals surface area contributed by atoms with Crippen LogP contribution < -0.4 is 9.64 Å². The number of methoxy groups -OCH3 is 1. The zero-order valence-electron chi connectivity index (χ0n) is 18.9. The highest BCUT2D eigenvalue weighted by atomic mass is 16.5. The molecule has 4 rings (SSSR count). The molecule has 2 aromatic rings. The summed E-state index contributed by atoms with van der Waals surface area (Å²) >= 11 is 0. The number of carbonyl (C=O) groups excluding carboxylic acids is 2. The van der Waals surface area contributed by atoms with Crippen molar-refractivity contribution in [3.05, 3.63) is 46.9 Å². The Labute approximate surface area is 183 Å². The zero-order valence-corrected chi connectivity index (χ0v) is 18.9. The molecule has 1 aromatic heterocycles.